The van der Waals surface area contributed by atoms with E-state index in [2.05, 4.69) is 17.4 Å². The first-order valence-electron chi connectivity index (χ1n) is 9.83. The number of hydrogen-bond donors (Lipinski definition) is 2. The molecular weight excluding hydrogens is 376 g/mol. The van der Waals surface area contributed by atoms with Crippen LogP contribution >= 0.6 is 0 Å². The van der Waals surface area contributed by atoms with Crippen molar-refractivity contribution in [1.82, 2.24) is 5.32 Å². The highest BCUT2D eigenvalue weighted by molar-refractivity contribution is 6.14. The highest BCUT2D eigenvalue weighted by Crippen LogP contribution is 2.46. The number of nitrogens with two attached hydrogens (primary N) is 1. The Morgan fingerprint density at radius 2 is 1.53 bits per heavy atom. The number of methoxy groups -OCH3 is 2. The normalized spacial score (nSPS) is 10.9. The first-order chi connectivity index (χ1) is 14.7. The second-order valence-electron chi connectivity index (χ2n) is 6.96. The fourth-order valence-corrected chi connectivity index (χ4v) is 3.92. The summed E-state index contributed by atoms with van der Waals surface area (Å²) in [5.41, 5.74) is 7.78. The Kier molecular flexibility index (Phi) is 5.55. The number of carbonyl (C=O) groups excluding carboxylic acids is 1. The molecule has 0 unspecified atom stereocenters. The van der Waals surface area contributed by atoms with Gasteiger partial charge in [0.05, 0.1) is 19.8 Å². The number of fused-ring (bicyclic) bond motifs is 2. The molecule has 0 saturated heterocycles. The Hall–Kier alpha value is -3.57. The molecule has 5 nitrogen and oxygen atoms in total. The largest absolute Gasteiger partial charge is 0.496 e. The summed E-state index contributed by atoms with van der Waals surface area (Å²) < 4.78 is 11.6. The quantitative estimate of drug-likeness (QED) is 0.504. The molecule has 0 saturated carbocycles. The van der Waals surface area contributed by atoms with E-state index >= 15 is 0 Å². The number of benzene rings is 4. The molecule has 4 aromatic rings. The minimum Gasteiger partial charge on any atom is -0.496 e. The number of ether oxygens (including phenoxy) is 2. The summed E-state index contributed by atoms with van der Waals surface area (Å²) in [5, 5.41) is 6.90. The van der Waals surface area contributed by atoms with Crippen LogP contribution in [0, 0.1) is 0 Å². The van der Waals surface area contributed by atoms with E-state index in [1.54, 1.807) is 14.2 Å². The van der Waals surface area contributed by atoms with Crippen LogP contribution in [0.4, 0.5) is 0 Å². The van der Waals surface area contributed by atoms with Crippen molar-refractivity contribution in [2.75, 3.05) is 27.3 Å². The van der Waals surface area contributed by atoms with E-state index in [0.29, 0.717) is 24.4 Å². The minimum atomic E-state index is -0.219. The molecule has 4 rings (SSSR count). The third kappa shape index (κ3) is 3.33. The summed E-state index contributed by atoms with van der Waals surface area (Å²) in [4.78, 5) is 13.0. The molecule has 0 bridgehead atoms. The highest BCUT2D eigenvalue weighted by atomic mass is 16.5. The van der Waals surface area contributed by atoms with Gasteiger partial charge < -0.3 is 20.5 Å². The molecule has 0 atom stereocenters. The van der Waals surface area contributed by atoms with Gasteiger partial charge >= 0.3 is 0 Å². The van der Waals surface area contributed by atoms with Crippen molar-refractivity contribution in [3.05, 3.63) is 72.3 Å². The molecule has 4 aromatic carbocycles. The summed E-state index contributed by atoms with van der Waals surface area (Å²) in [6, 6.07) is 21.9. The highest BCUT2D eigenvalue weighted by Gasteiger charge is 2.23. The third-order valence-corrected chi connectivity index (χ3v) is 5.24. The molecule has 0 heterocycles. The smallest absolute Gasteiger partial charge is 0.255 e. The Balaban J connectivity index is 2.13. The predicted molar refractivity (Wildman–Crippen MR) is 121 cm³/mol. The Bertz CT molecular complexity index is 1230. The summed E-state index contributed by atoms with van der Waals surface area (Å²) >= 11 is 0. The minimum absolute atomic E-state index is 0.219. The van der Waals surface area contributed by atoms with E-state index in [-0.39, 0.29) is 5.91 Å². The number of amides is 1. The maximum absolute atomic E-state index is 13.0. The molecule has 30 heavy (non-hydrogen) atoms. The lowest BCUT2D eigenvalue weighted by atomic mass is 9.90. The standard InChI is InChI=1S/C25H24N2O3/c1-29-21-12-11-16-7-3-5-9-18(16)22(21)23-19-10-6-4-8-17(19)15-20(24(23)30-2)25(28)27-14-13-26/h3-12,15H,13-14,26H2,1-2H3,(H,27,28). The van der Waals surface area contributed by atoms with E-state index < -0.39 is 0 Å². The van der Waals surface area contributed by atoms with E-state index in [0.717, 1.165) is 38.4 Å². The molecular formula is C25H24N2O3. The number of nitrogens with one attached hydrogen (secondary N) is 1. The van der Waals surface area contributed by atoms with Gasteiger partial charge in [0, 0.05) is 24.2 Å². The number of hydrogen-bond acceptors (Lipinski definition) is 4. The topological polar surface area (TPSA) is 73.6 Å². The molecule has 0 aromatic heterocycles. The van der Waals surface area contributed by atoms with Gasteiger partial charge in [-0.05, 0) is 33.7 Å². The molecule has 152 valence electrons. The molecule has 0 aliphatic carbocycles. The zero-order valence-corrected chi connectivity index (χ0v) is 17.1. The van der Waals surface area contributed by atoms with Crippen LogP contribution in [-0.4, -0.2) is 33.2 Å². The fourth-order valence-electron chi connectivity index (χ4n) is 3.92. The molecule has 0 radical (unpaired) electrons. The Morgan fingerprint density at radius 1 is 0.867 bits per heavy atom. The molecule has 0 fully saturated rings. The van der Waals surface area contributed by atoms with Crippen molar-refractivity contribution in [2.45, 2.75) is 0 Å². The van der Waals surface area contributed by atoms with Gasteiger partial charge in [-0.1, -0.05) is 54.6 Å². The van der Waals surface area contributed by atoms with Crippen LogP contribution in [0.2, 0.25) is 0 Å². The van der Waals surface area contributed by atoms with Gasteiger partial charge in [-0.25, -0.2) is 0 Å². The summed E-state index contributed by atoms with van der Waals surface area (Å²) in [5.74, 6) is 1.01. The van der Waals surface area contributed by atoms with Crippen molar-refractivity contribution in [3.63, 3.8) is 0 Å². The predicted octanol–water partition coefficient (Wildman–Crippen LogP) is 4.37. The van der Waals surface area contributed by atoms with E-state index in [1.807, 2.05) is 54.6 Å². The van der Waals surface area contributed by atoms with E-state index in [4.69, 9.17) is 15.2 Å². The molecule has 1 amide bonds. The number of rotatable bonds is 6. The van der Waals surface area contributed by atoms with Gasteiger partial charge in [0.1, 0.15) is 11.5 Å². The van der Waals surface area contributed by atoms with Crippen LogP contribution < -0.4 is 20.5 Å². The van der Waals surface area contributed by atoms with Crippen LogP contribution in [0.15, 0.2) is 66.7 Å². The van der Waals surface area contributed by atoms with Crippen molar-refractivity contribution in [3.8, 4) is 22.6 Å². The van der Waals surface area contributed by atoms with Crippen LogP contribution in [0.1, 0.15) is 10.4 Å². The Morgan fingerprint density at radius 3 is 2.20 bits per heavy atom. The molecule has 3 N–H and O–H groups in total. The average Bonchev–Trinajstić information content (AvgIpc) is 2.80. The SMILES string of the molecule is COc1ccc2ccccc2c1-c1c(OC)c(C(=O)NCCN)cc2ccccc12. The summed E-state index contributed by atoms with van der Waals surface area (Å²) in [7, 11) is 3.24. The molecule has 0 aliphatic rings. The second-order valence-corrected chi connectivity index (χ2v) is 6.96. The first kappa shape index (κ1) is 19.7. The third-order valence-electron chi connectivity index (χ3n) is 5.24. The zero-order valence-electron chi connectivity index (χ0n) is 17.1. The molecule has 0 aliphatic heterocycles. The van der Waals surface area contributed by atoms with Gasteiger partial charge in [0.25, 0.3) is 5.91 Å². The maximum Gasteiger partial charge on any atom is 0.255 e. The van der Waals surface area contributed by atoms with Crippen molar-refractivity contribution >= 4 is 27.5 Å². The van der Waals surface area contributed by atoms with E-state index in [9.17, 15) is 4.79 Å². The van der Waals surface area contributed by atoms with Crippen LogP contribution in [0.5, 0.6) is 11.5 Å². The summed E-state index contributed by atoms with van der Waals surface area (Å²) in [6.45, 7) is 0.757. The number of carbonyl (C=O) groups is 1. The molecule has 0 spiro atoms. The lowest BCUT2D eigenvalue weighted by molar-refractivity contribution is 0.0952. The Labute approximate surface area is 175 Å². The van der Waals surface area contributed by atoms with Crippen molar-refractivity contribution in [1.29, 1.82) is 0 Å². The maximum atomic E-state index is 13.0. The van der Waals surface area contributed by atoms with Gasteiger partial charge in [0.15, 0.2) is 0 Å². The van der Waals surface area contributed by atoms with Gasteiger partial charge in [-0.3, -0.25) is 4.79 Å². The van der Waals surface area contributed by atoms with Crippen LogP contribution in [0.25, 0.3) is 32.7 Å². The van der Waals surface area contributed by atoms with E-state index in [1.165, 1.54) is 0 Å². The van der Waals surface area contributed by atoms with Gasteiger partial charge in [0.2, 0.25) is 0 Å². The van der Waals surface area contributed by atoms with Gasteiger partial charge in [-0.15, -0.1) is 0 Å². The average molecular weight is 400 g/mol. The van der Waals surface area contributed by atoms with Crippen molar-refractivity contribution < 1.29 is 14.3 Å². The lowest BCUT2D eigenvalue weighted by Gasteiger charge is -2.20. The second kappa shape index (κ2) is 8.43. The molecule has 5 heteroatoms. The van der Waals surface area contributed by atoms with Crippen LogP contribution in [-0.2, 0) is 0 Å². The zero-order chi connectivity index (χ0) is 21.1. The first-order valence-corrected chi connectivity index (χ1v) is 9.83. The summed E-state index contributed by atoms with van der Waals surface area (Å²) in [6.07, 6.45) is 0. The lowest BCUT2D eigenvalue weighted by Crippen LogP contribution is -2.29. The monoisotopic (exact) mass is 400 g/mol. The van der Waals surface area contributed by atoms with Gasteiger partial charge in [-0.2, -0.15) is 0 Å². The van der Waals surface area contributed by atoms with Crippen molar-refractivity contribution in [2.24, 2.45) is 5.73 Å². The fraction of sp³-hybridized carbons (Fsp3) is 0.160. The van der Waals surface area contributed by atoms with Crippen LogP contribution in [0.3, 0.4) is 0 Å².